The molecule has 0 heterocycles. The Morgan fingerprint density at radius 3 is 1.98 bits per heavy atom. The second-order valence-corrected chi connectivity index (χ2v) is 10.5. The van der Waals surface area contributed by atoms with Gasteiger partial charge in [0.05, 0.1) is 5.02 Å². The Morgan fingerprint density at radius 2 is 1.32 bits per heavy atom. The topological polar surface area (TPSA) is 46.6 Å². The van der Waals surface area contributed by atoms with Crippen molar-refractivity contribution in [1.29, 1.82) is 0 Å². The summed E-state index contributed by atoms with van der Waals surface area (Å²) in [6.07, 6.45) is 10.8. The molecule has 0 spiro atoms. The fraction of sp³-hybridized carbons (Fsp3) is 0.353. The minimum atomic E-state index is -0.521. The van der Waals surface area contributed by atoms with Crippen molar-refractivity contribution in [3.63, 3.8) is 0 Å². The highest BCUT2D eigenvalue weighted by Crippen LogP contribution is 2.20. The van der Waals surface area contributed by atoms with Crippen LogP contribution in [0.5, 0.6) is 0 Å². The quantitative estimate of drug-likeness (QED) is 0.102. The highest BCUT2D eigenvalue weighted by atomic mass is 35.5. The molecule has 0 aliphatic heterocycles. The van der Waals surface area contributed by atoms with Crippen molar-refractivity contribution in [2.24, 2.45) is 0 Å². The lowest BCUT2D eigenvalue weighted by Crippen LogP contribution is -2.32. The second-order valence-electron chi connectivity index (χ2n) is 9.73. The van der Waals surface area contributed by atoms with Crippen LogP contribution in [0.25, 0.3) is 0 Å². The smallest absolute Gasteiger partial charge is 0.414 e. The molecule has 3 aromatic carbocycles. The molecule has 0 atom stereocenters. The van der Waals surface area contributed by atoms with Gasteiger partial charge in [-0.2, -0.15) is 0 Å². The Kier molecular flexibility index (Phi) is 14.2. The van der Waals surface area contributed by atoms with E-state index in [9.17, 15) is 9.59 Å². The van der Waals surface area contributed by atoms with Crippen LogP contribution in [0.3, 0.4) is 0 Å². The Bertz CT molecular complexity index is 1250. The van der Waals surface area contributed by atoms with Crippen molar-refractivity contribution in [2.45, 2.75) is 70.8 Å². The number of halogens is 2. The Balaban J connectivity index is 1.32. The number of rotatable bonds is 15. The van der Waals surface area contributed by atoms with E-state index < -0.39 is 11.3 Å². The summed E-state index contributed by atoms with van der Waals surface area (Å²) in [6, 6.07) is 24.1. The highest BCUT2D eigenvalue weighted by Gasteiger charge is 2.17. The van der Waals surface area contributed by atoms with Crippen molar-refractivity contribution in [2.75, 3.05) is 11.4 Å². The molecule has 0 N–H and O–H groups in total. The number of amides is 1. The molecule has 0 radical (unpaired) electrons. The summed E-state index contributed by atoms with van der Waals surface area (Å²) in [6.45, 7) is 0.763. The van der Waals surface area contributed by atoms with Crippen molar-refractivity contribution < 1.29 is 14.3 Å². The molecule has 40 heavy (non-hydrogen) atoms. The summed E-state index contributed by atoms with van der Waals surface area (Å²) in [5.74, 6) is 6.39. The van der Waals surface area contributed by atoms with E-state index in [2.05, 4.69) is 11.8 Å². The molecule has 210 valence electrons. The van der Waals surface area contributed by atoms with Gasteiger partial charge in [-0.3, -0.25) is 9.69 Å². The normalized spacial score (nSPS) is 10.4. The molecule has 4 nitrogen and oxygen atoms in total. The lowest BCUT2D eigenvalue weighted by molar-refractivity contribution is 0.108. The van der Waals surface area contributed by atoms with Gasteiger partial charge < -0.3 is 4.74 Å². The standard InChI is InChI=1S/C34H37Cl2NO3/c35-32-21-15-14-20-29(32)19-13-8-6-4-2-1-3-5-7-9-16-26-37(31-24-22-30(23-25-31)33(36)38)34(39)40-27-28-17-11-10-12-18-28/h10-12,14-15,17-18,20-25H,1-9,16,26-27H2. The van der Waals surface area contributed by atoms with Crippen molar-refractivity contribution >= 4 is 40.2 Å². The van der Waals surface area contributed by atoms with Crippen LogP contribution in [-0.4, -0.2) is 17.9 Å². The first kappa shape index (κ1) is 31.3. The largest absolute Gasteiger partial charge is 0.444 e. The zero-order valence-electron chi connectivity index (χ0n) is 22.9. The zero-order chi connectivity index (χ0) is 28.4. The average Bonchev–Trinajstić information content (AvgIpc) is 2.97. The van der Waals surface area contributed by atoms with Gasteiger partial charge in [-0.25, -0.2) is 4.79 Å². The molecule has 0 aliphatic carbocycles. The number of carbonyl (C=O) groups is 2. The minimum Gasteiger partial charge on any atom is -0.444 e. The van der Waals surface area contributed by atoms with E-state index in [4.69, 9.17) is 27.9 Å². The molecule has 0 aromatic heterocycles. The van der Waals surface area contributed by atoms with Crippen LogP contribution in [0.15, 0.2) is 78.9 Å². The number of ether oxygens (including phenoxy) is 1. The SMILES string of the molecule is O=C(Cl)c1ccc(N(CCCCCCCCCCCC#Cc2ccccc2Cl)C(=O)OCc2ccccc2)cc1. The molecule has 0 saturated carbocycles. The second kappa shape index (κ2) is 18.2. The van der Waals surface area contributed by atoms with Gasteiger partial charge in [0, 0.05) is 29.8 Å². The van der Waals surface area contributed by atoms with E-state index in [1.54, 1.807) is 29.2 Å². The van der Waals surface area contributed by atoms with Crippen LogP contribution in [0.4, 0.5) is 10.5 Å². The van der Waals surface area contributed by atoms with Crippen LogP contribution in [0.1, 0.15) is 85.7 Å². The van der Waals surface area contributed by atoms with Gasteiger partial charge in [-0.05, 0) is 66.4 Å². The number of unbranched alkanes of at least 4 members (excludes halogenated alkanes) is 9. The first-order chi connectivity index (χ1) is 19.5. The van der Waals surface area contributed by atoms with Gasteiger partial charge in [0.25, 0.3) is 5.24 Å². The van der Waals surface area contributed by atoms with Crippen LogP contribution in [0, 0.1) is 11.8 Å². The predicted molar refractivity (Wildman–Crippen MR) is 165 cm³/mol. The van der Waals surface area contributed by atoms with E-state index in [1.807, 2.05) is 54.6 Å². The summed E-state index contributed by atoms with van der Waals surface area (Å²) in [5, 5.41) is 0.191. The van der Waals surface area contributed by atoms with Crippen LogP contribution >= 0.6 is 23.2 Å². The molecule has 6 heteroatoms. The number of carbonyl (C=O) groups excluding carboxylic acids is 2. The molecular formula is C34H37Cl2NO3. The monoisotopic (exact) mass is 577 g/mol. The number of hydrogen-bond donors (Lipinski definition) is 0. The van der Waals surface area contributed by atoms with Gasteiger partial charge in [0.1, 0.15) is 6.61 Å². The molecule has 0 bridgehead atoms. The van der Waals surface area contributed by atoms with Crippen LogP contribution < -0.4 is 4.90 Å². The summed E-state index contributed by atoms with van der Waals surface area (Å²) in [4.78, 5) is 26.0. The maximum Gasteiger partial charge on any atom is 0.414 e. The third-order valence-electron chi connectivity index (χ3n) is 6.61. The van der Waals surface area contributed by atoms with E-state index in [0.29, 0.717) is 22.8 Å². The van der Waals surface area contributed by atoms with Crippen LogP contribution in [0.2, 0.25) is 5.02 Å². The molecule has 3 aromatic rings. The fourth-order valence-corrected chi connectivity index (χ4v) is 4.65. The van der Waals surface area contributed by atoms with Gasteiger partial charge in [-0.15, -0.1) is 0 Å². The third kappa shape index (κ3) is 11.5. The molecule has 0 saturated heterocycles. The number of anilines is 1. The number of benzene rings is 3. The lowest BCUT2D eigenvalue weighted by atomic mass is 10.1. The maximum absolute atomic E-state index is 13.0. The minimum absolute atomic E-state index is 0.211. The molecular weight excluding hydrogens is 541 g/mol. The van der Waals surface area contributed by atoms with Gasteiger partial charge in [0.15, 0.2) is 0 Å². The Labute approximate surface area is 248 Å². The molecule has 0 unspecified atom stereocenters. The average molecular weight is 579 g/mol. The Hall–Kier alpha value is -3.26. The predicted octanol–water partition coefficient (Wildman–Crippen LogP) is 9.81. The van der Waals surface area contributed by atoms with Crippen molar-refractivity contribution in [3.8, 4) is 11.8 Å². The maximum atomic E-state index is 13.0. The van der Waals surface area contributed by atoms with Gasteiger partial charge >= 0.3 is 6.09 Å². The van der Waals surface area contributed by atoms with E-state index in [-0.39, 0.29) is 6.61 Å². The summed E-state index contributed by atoms with van der Waals surface area (Å²) in [7, 11) is 0. The van der Waals surface area contributed by atoms with E-state index in [1.165, 1.54) is 32.1 Å². The van der Waals surface area contributed by atoms with Crippen LogP contribution in [-0.2, 0) is 11.3 Å². The zero-order valence-corrected chi connectivity index (χ0v) is 24.4. The first-order valence-electron chi connectivity index (χ1n) is 14.1. The summed E-state index contributed by atoms with van der Waals surface area (Å²) < 4.78 is 5.59. The molecule has 0 aliphatic rings. The third-order valence-corrected chi connectivity index (χ3v) is 7.16. The van der Waals surface area contributed by atoms with Gasteiger partial charge in [-0.1, -0.05) is 111 Å². The lowest BCUT2D eigenvalue weighted by Gasteiger charge is -2.22. The fourth-order valence-electron chi connectivity index (χ4n) is 4.34. The molecule has 3 rings (SSSR count). The van der Waals surface area contributed by atoms with Crippen molar-refractivity contribution in [1.82, 2.24) is 0 Å². The number of hydrogen-bond acceptors (Lipinski definition) is 3. The van der Waals surface area contributed by atoms with E-state index in [0.717, 1.165) is 43.2 Å². The summed E-state index contributed by atoms with van der Waals surface area (Å²) in [5.41, 5.74) is 2.92. The highest BCUT2D eigenvalue weighted by molar-refractivity contribution is 6.67. The Morgan fingerprint density at radius 1 is 0.725 bits per heavy atom. The van der Waals surface area contributed by atoms with E-state index >= 15 is 0 Å². The van der Waals surface area contributed by atoms with Crippen molar-refractivity contribution in [3.05, 3.63) is 101 Å². The van der Waals surface area contributed by atoms with Gasteiger partial charge in [0.2, 0.25) is 0 Å². The summed E-state index contributed by atoms with van der Waals surface area (Å²) >= 11 is 11.7. The molecule has 0 fully saturated rings. The first-order valence-corrected chi connectivity index (χ1v) is 14.8. The molecule has 1 amide bonds. The number of nitrogens with zero attached hydrogens (tertiary/aromatic N) is 1.